The van der Waals surface area contributed by atoms with Crippen LogP contribution in [0.25, 0.3) is 0 Å². The summed E-state index contributed by atoms with van der Waals surface area (Å²) in [6.45, 7) is 1.41. The highest BCUT2D eigenvalue weighted by Gasteiger charge is 2.30. The minimum Gasteiger partial charge on any atom is -0.376 e. The van der Waals surface area contributed by atoms with Crippen molar-refractivity contribution in [2.75, 3.05) is 12.4 Å². The molecule has 0 saturated heterocycles. The Kier molecular flexibility index (Phi) is 5.40. The zero-order valence-electron chi connectivity index (χ0n) is 10.7. The van der Waals surface area contributed by atoms with Crippen molar-refractivity contribution in [2.24, 2.45) is 5.41 Å². The molecule has 0 atom stereocenters. The Morgan fingerprint density at radius 1 is 1.17 bits per heavy atom. The van der Waals surface area contributed by atoms with Crippen LogP contribution >= 0.6 is 24.2 Å². The van der Waals surface area contributed by atoms with Crippen LogP contribution in [0, 0.1) is 5.41 Å². The third kappa shape index (κ3) is 3.66. The fraction of sp³-hybridized carbons (Fsp3) is 0.600. The molecule has 1 nitrogen and oxygen atoms in total. The van der Waals surface area contributed by atoms with Gasteiger partial charge in [0.15, 0.2) is 0 Å². The molecule has 1 saturated carbocycles. The first-order valence-electron chi connectivity index (χ1n) is 6.68. The molecule has 18 heavy (non-hydrogen) atoms. The number of benzene rings is 1. The first-order chi connectivity index (χ1) is 8.76. The smallest absolute Gasteiger partial charge is 0.0731 e. The lowest BCUT2D eigenvalue weighted by Gasteiger charge is -2.35. The lowest BCUT2D eigenvalue weighted by Crippen LogP contribution is -2.31. The number of hydrogen-bond acceptors (Lipinski definition) is 2. The molecular weight excluding hydrogens is 264 g/mol. The molecule has 1 aromatic rings. The van der Waals surface area contributed by atoms with Gasteiger partial charge in [0, 0.05) is 10.4 Å². The van der Waals surface area contributed by atoms with Crippen molar-refractivity contribution < 1.29 is 4.74 Å². The van der Waals surface area contributed by atoms with Gasteiger partial charge >= 0.3 is 0 Å². The van der Waals surface area contributed by atoms with Crippen molar-refractivity contribution in [1.82, 2.24) is 0 Å². The van der Waals surface area contributed by atoms with E-state index >= 15 is 0 Å². The van der Waals surface area contributed by atoms with E-state index in [2.05, 4.69) is 12.6 Å². The van der Waals surface area contributed by atoms with Crippen LogP contribution < -0.4 is 0 Å². The Hall–Kier alpha value is -0.180. The monoisotopic (exact) mass is 284 g/mol. The molecule has 1 aliphatic rings. The second kappa shape index (κ2) is 6.83. The third-order valence-corrected chi connectivity index (χ3v) is 4.91. The molecule has 0 radical (unpaired) electrons. The summed E-state index contributed by atoms with van der Waals surface area (Å²) in [6, 6.07) is 7.88. The molecule has 1 aromatic carbocycles. The van der Waals surface area contributed by atoms with Crippen LogP contribution in [0.2, 0.25) is 5.02 Å². The molecule has 0 aromatic heterocycles. The molecule has 0 N–H and O–H groups in total. The Bertz CT molecular complexity index is 375. The first kappa shape index (κ1) is 14.2. The van der Waals surface area contributed by atoms with E-state index in [1.165, 1.54) is 32.1 Å². The Morgan fingerprint density at radius 2 is 1.89 bits per heavy atom. The van der Waals surface area contributed by atoms with E-state index < -0.39 is 0 Å². The van der Waals surface area contributed by atoms with Gasteiger partial charge in [-0.05, 0) is 30.2 Å². The highest BCUT2D eigenvalue weighted by molar-refractivity contribution is 7.80. The van der Waals surface area contributed by atoms with Crippen LogP contribution in [0.5, 0.6) is 0 Å². The molecule has 1 aliphatic carbocycles. The van der Waals surface area contributed by atoms with E-state index in [0.717, 1.165) is 22.9 Å². The predicted octanol–water partition coefficient (Wildman–Crippen LogP) is 4.74. The van der Waals surface area contributed by atoms with E-state index in [1.807, 2.05) is 24.3 Å². The van der Waals surface area contributed by atoms with Gasteiger partial charge in [0.25, 0.3) is 0 Å². The quantitative estimate of drug-likeness (QED) is 0.769. The molecule has 100 valence electrons. The lowest BCUT2D eigenvalue weighted by molar-refractivity contribution is 0.0252. The minimum absolute atomic E-state index is 0.294. The van der Waals surface area contributed by atoms with Crippen molar-refractivity contribution >= 4 is 24.2 Å². The van der Waals surface area contributed by atoms with Gasteiger partial charge < -0.3 is 4.74 Å². The van der Waals surface area contributed by atoms with Gasteiger partial charge in [-0.15, -0.1) is 0 Å². The highest BCUT2D eigenvalue weighted by atomic mass is 35.5. The van der Waals surface area contributed by atoms with E-state index in [-0.39, 0.29) is 0 Å². The fourth-order valence-corrected chi connectivity index (χ4v) is 3.24. The van der Waals surface area contributed by atoms with E-state index in [0.29, 0.717) is 12.0 Å². The second-order valence-corrected chi connectivity index (χ2v) is 6.03. The van der Waals surface area contributed by atoms with Crippen LogP contribution in [-0.2, 0) is 11.3 Å². The average molecular weight is 285 g/mol. The number of ether oxygens (including phenoxy) is 1. The van der Waals surface area contributed by atoms with Gasteiger partial charge in [-0.2, -0.15) is 12.6 Å². The summed E-state index contributed by atoms with van der Waals surface area (Å²) >= 11 is 10.6. The standard InChI is InChI=1S/C15H21ClOS/c16-14-7-3-2-6-13(14)10-17-11-15(12-18)8-4-1-5-9-15/h2-3,6-7,18H,1,4-5,8-12H2. The Labute approximate surface area is 120 Å². The van der Waals surface area contributed by atoms with Gasteiger partial charge in [-0.25, -0.2) is 0 Å². The van der Waals surface area contributed by atoms with E-state index in [9.17, 15) is 0 Å². The van der Waals surface area contributed by atoms with Gasteiger partial charge in [-0.3, -0.25) is 0 Å². The van der Waals surface area contributed by atoms with E-state index in [1.54, 1.807) is 0 Å². The second-order valence-electron chi connectivity index (χ2n) is 5.30. The number of hydrogen-bond donors (Lipinski definition) is 1. The largest absolute Gasteiger partial charge is 0.376 e. The highest BCUT2D eigenvalue weighted by Crippen LogP contribution is 2.37. The van der Waals surface area contributed by atoms with E-state index in [4.69, 9.17) is 16.3 Å². The van der Waals surface area contributed by atoms with Crippen molar-refractivity contribution in [3.05, 3.63) is 34.9 Å². The fourth-order valence-electron chi connectivity index (χ4n) is 2.64. The molecule has 0 bridgehead atoms. The zero-order valence-corrected chi connectivity index (χ0v) is 12.4. The number of thiol groups is 1. The molecule has 2 rings (SSSR count). The number of rotatable bonds is 5. The van der Waals surface area contributed by atoms with Crippen LogP contribution in [0.1, 0.15) is 37.7 Å². The molecule has 0 amide bonds. The molecular formula is C15H21ClOS. The third-order valence-electron chi connectivity index (χ3n) is 3.87. The van der Waals surface area contributed by atoms with Crippen LogP contribution in [0.3, 0.4) is 0 Å². The number of halogens is 1. The topological polar surface area (TPSA) is 9.23 Å². The lowest BCUT2D eigenvalue weighted by atomic mass is 9.76. The maximum atomic E-state index is 6.12. The van der Waals surface area contributed by atoms with Crippen molar-refractivity contribution in [3.63, 3.8) is 0 Å². The maximum Gasteiger partial charge on any atom is 0.0731 e. The summed E-state index contributed by atoms with van der Waals surface area (Å²) in [7, 11) is 0. The van der Waals surface area contributed by atoms with Gasteiger partial charge in [0.05, 0.1) is 13.2 Å². The zero-order chi connectivity index (χ0) is 12.8. The van der Waals surface area contributed by atoms with Crippen molar-refractivity contribution in [2.45, 2.75) is 38.7 Å². The summed E-state index contributed by atoms with van der Waals surface area (Å²) in [5, 5.41) is 0.793. The molecule has 0 aliphatic heterocycles. The van der Waals surface area contributed by atoms with Crippen LogP contribution in [-0.4, -0.2) is 12.4 Å². The van der Waals surface area contributed by atoms with Gasteiger partial charge in [0.1, 0.15) is 0 Å². The molecule has 3 heteroatoms. The summed E-state index contributed by atoms with van der Waals surface area (Å²) in [5.74, 6) is 0.926. The summed E-state index contributed by atoms with van der Waals surface area (Å²) in [5.41, 5.74) is 1.37. The van der Waals surface area contributed by atoms with Crippen molar-refractivity contribution in [3.8, 4) is 0 Å². The molecule has 0 unspecified atom stereocenters. The normalized spacial score (nSPS) is 18.8. The molecule has 0 spiro atoms. The molecule has 1 fully saturated rings. The first-order valence-corrected chi connectivity index (χ1v) is 7.69. The van der Waals surface area contributed by atoms with Crippen molar-refractivity contribution in [1.29, 1.82) is 0 Å². The summed E-state index contributed by atoms with van der Waals surface area (Å²) < 4.78 is 5.90. The summed E-state index contributed by atoms with van der Waals surface area (Å²) in [6.07, 6.45) is 6.49. The molecule has 0 heterocycles. The SMILES string of the molecule is SCC1(COCc2ccccc2Cl)CCCCC1. The Balaban J connectivity index is 1.85. The minimum atomic E-state index is 0.294. The maximum absolute atomic E-state index is 6.12. The predicted molar refractivity (Wildman–Crippen MR) is 80.5 cm³/mol. The van der Waals surface area contributed by atoms with Crippen LogP contribution in [0.4, 0.5) is 0 Å². The average Bonchev–Trinajstić information content (AvgIpc) is 2.42. The summed E-state index contributed by atoms with van der Waals surface area (Å²) in [4.78, 5) is 0. The Morgan fingerprint density at radius 3 is 2.56 bits per heavy atom. The van der Waals surface area contributed by atoms with Crippen LogP contribution in [0.15, 0.2) is 24.3 Å². The van der Waals surface area contributed by atoms with Gasteiger partial charge in [-0.1, -0.05) is 49.1 Å². The van der Waals surface area contributed by atoms with Gasteiger partial charge in [0.2, 0.25) is 0 Å².